The number of aromatic nitrogens is 1. The first kappa shape index (κ1) is 14.1. The van der Waals surface area contributed by atoms with E-state index in [1.165, 1.54) is 0 Å². The molecule has 1 aliphatic rings. The van der Waals surface area contributed by atoms with Gasteiger partial charge in [0.15, 0.2) is 5.69 Å². The van der Waals surface area contributed by atoms with Gasteiger partial charge in [-0.25, -0.2) is 0 Å². The topological polar surface area (TPSA) is 55.1 Å². The second kappa shape index (κ2) is 5.90. The van der Waals surface area contributed by atoms with Gasteiger partial charge in [0, 0.05) is 17.0 Å². The van der Waals surface area contributed by atoms with Crippen molar-refractivity contribution in [2.45, 2.75) is 38.1 Å². The van der Waals surface area contributed by atoms with Crippen molar-refractivity contribution in [3.05, 3.63) is 52.4 Å². The van der Waals surface area contributed by atoms with E-state index in [1.807, 2.05) is 31.2 Å². The number of carbonyl (C=O) groups is 1. The minimum atomic E-state index is -0.201. The maximum Gasteiger partial charge on any atom is 0.273 e. The molecule has 1 amide bonds. The molecule has 1 fully saturated rings. The van der Waals surface area contributed by atoms with Crippen LogP contribution in [0.5, 0.6) is 0 Å². The first-order valence-corrected chi connectivity index (χ1v) is 7.58. The second-order valence-electron chi connectivity index (χ2n) is 5.37. The lowest BCUT2D eigenvalue weighted by Gasteiger charge is -2.16. The van der Waals surface area contributed by atoms with Crippen molar-refractivity contribution in [3.63, 3.8) is 0 Å². The predicted octanol–water partition coefficient (Wildman–Crippen LogP) is 4.09. The van der Waals surface area contributed by atoms with Gasteiger partial charge in [-0.3, -0.25) is 4.79 Å². The Balaban J connectivity index is 1.70. The van der Waals surface area contributed by atoms with Crippen LogP contribution in [-0.2, 0) is 0 Å². The van der Waals surface area contributed by atoms with Crippen LogP contribution in [0.15, 0.2) is 34.9 Å². The maximum absolute atomic E-state index is 12.3. The molecule has 21 heavy (non-hydrogen) atoms. The van der Waals surface area contributed by atoms with Crippen LogP contribution >= 0.6 is 11.6 Å². The number of nitrogens with one attached hydrogen (secondary N) is 1. The summed E-state index contributed by atoms with van der Waals surface area (Å²) in [6.07, 6.45) is 3.04. The van der Waals surface area contributed by atoms with E-state index in [-0.39, 0.29) is 11.9 Å². The lowest BCUT2D eigenvalue weighted by Crippen LogP contribution is -2.28. The Morgan fingerprint density at radius 1 is 1.43 bits per heavy atom. The number of rotatable bonds is 5. The van der Waals surface area contributed by atoms with Crippen LogP contribution in [0, 0.1) is 0 Å². The number of nitrogens with zero attached hydrogens (tertiary/aromatic N) is 1. The molecule has 1 saturated carbocycles. The third-order valence-corrected chi connectivity index (χ3v) is 3.98. The molecule has 0 spiro atoms. The van der Waals surface area contributed by atoms with Crippen molar-refractivity contribution in [2.24, 2.45) is 0 Å². The Labute approximate surface area is 128 Å². The minimum Gasteiger partial charge on any atom is -0.360 e. The number of hydrogen-bond acceptors (Lipinski definition) is 3. The number of amides is 1. The fourth-order valence-corrected chi connectivity index (χ4v) is 2.43. The van der Waals surface area contributed by atoms with E-state index < -0.39 is 0 Å². The van der Waals surface area contributed by atoms with Gasteiger partial charge in [0.05, 0.1) is 6.04 Å². The molecule has 1 atom stereocenters. The molecular formula is C16H17ClN2O2. The summed E-state index contributed by atoms with van der Waals surface area (Å²) in [5.41, 5.74) is 1.38. The summed E-state index contributed by atoms with van der Waals surface area (Å²) < 4.78 is 5.22. The van der Waals surface area contributed by atoms with E-state index in [4.69, 9.17) is 16.1 Å². The van der Waals surface area contributed by atoms with Crippen LogP contribution in [0.25, 0.3) is 0 Å². The monoisotopic (exact) mass is 304 g/mol. The molecule has 5 heteroatoms. The minimum absolute atomic E-state index is 0.0594. The smallest absolute Gasteiger partial charge is 0.273 e. The summed E-state index contributed by atoms with van der Waals surface area (Å²) in [5, 5.41) is 7.54. The van der Waals surface area contributed by atoms with Gasteiger partial charge in [-0.1, -0.05) is 35.8 Å². The van der Waals surface area contributed by atoms with Crippen LogP contribution in [0.3, 0.4) is 0 Å². The Kier molecular flexibility index (Phi) is 3.97. The lowest BCUT2D eigenvalue weighted by atomic mass is 10.0. The van der Waals surface area contributed by atoms with E-state index in [9.17, 15) is 4.79 Å². The molecule has 0 saturated heterocycles. The molecule has 1 aliphatic carbocycles. The maximum atomic E-state index is 12.3. The van der Waals surface area contributed by atoms with Crippen molar-refractivity contribution in [1.82, 2.24) is 10.5 Å². The van der Waals surface area contributed by atoms with Gasteiger partial charge < -0.3 is 9.84 Å². The van der Waals surface area contributed by atoms with Crippen molar-refractivity contribution >= 4 is 17.5 Å². The third-order valence-electron chi connectivity index (χ3n) is 3.73. The van der Waals surface area contributed by atoms with Gasteiger partial charge in [-0.15, -0.1) is 0 Å². The highest BCUT2D eigenvalue weighted by atomic mass is 35.5. The van der Waals surface area contributed by atoms with E-state index >= 15 is 0 Å². The lowest BCUT2D eigenvalue weighted by molar-refractivity contribution is 0.0926. The molecule has 1 unspecified atom stereocenters. The first-order chi connectivity index (χ1) is 10.2. The quantitative estimate of drug-likeness (QED) is 0.905. The molecule has 1 N–H and O–H groups in total. The molecular weight excluding hydrogens is 288 g/mol. The molecule has 0 bridgehead atoms. The van der Waals surface area contributed by atoms with Crippen LogP contribution < -0.4 is 5.32 Å². The molecule has 1 aromatic heterocycles. The van der Waals surface area contributed by atoms with Gasteiger partial charge in [-0.05, 0) is 37.0 Å². The van der Waals surface area contributed by atoms with E-state index in [1.54, 1.807) is 6.07 Å². The average molecular weight is 305 g/mol. The summed E-state index contributed by atoms with van der Waals surface area (Å²) in [6.45, 7) is 2.03. The average Bonchev–Trinajstić information content (AvgIpc) is 3.23. The van der Waals surface area contributed by atoms with Crippen molar-refractivity contribution in [2.75, 3.05) is 0 Å². The highest BCUT2D eigenvalue weighted by Gasteiger charge is 2.29. The van der Waals surface area contributed by atoms with Gasteiger partial charge in [0.25, 0.3) is 5.91 Å². The van der Waals surface area contributed by atoms with Crippen molar-refractivity contribution in [3.8, 4) is 0 Å². The van der Waals surface area contributed by atoms with Gasteiger partial charge in [0.1, 0.15) is 5.76 Å². The van der Waals surface area contributed by atoms with E-state index in [0.29, 0.717) is 16.6 Å². The fourth-order valence-electron chi connectivity index (χ4n) is 2.30. The summed E-state index contributed by atoms with van der Waals surface area (Å²) in [7, 11) is 0. The molecule has 0 aliphatic heterocycles. The third kappa shape index (κ3) is 3.27. The number of carbonyl (C=O) groups excluding carboxylic acids is 1. The zero-order chi connectivity index (χ0) is 14.8. The fraction of sp³-hybridized carbons (Fsp3) is 0.375. The Hall–Kier alpha value is -1.81. The summed E-state index contributed by atoms with van der Waals surface area (Å²) >= 11 is 5.89. The van der Waals surface area contributed by atoms with Crippen LogP contribution in [0.1, 0.15) is 60.0 Å². The molecule has 3 rings (SSSR count). The molecule has 2 aromatic rings. The van der Waals surface area contributed by atoms with Crippen LogP contribution in [0.2, 0.25) is 5.02 Å². The number of hydrogen-bond donors (Lipinski definition) is 1. The molecule has 0 radical (unpaired) electrons. The SMILES string of the molecule is CCC(NC(=O)c1cc(C2CC2)on1)c1ccc(Cl)cc1. The van der Waals surface area contributed by atoms with Crippen LogP contribution in [-0.4, -0.2) is 11.1 Å². The molecule has 110 valence electrons. The summed E-state index contributed by atoms with van der Waals surface area (Å²) in [6, 6.07) is 9.20. The number of benzene rings is 1. The summed E-state index contributed by atoms with van der Waals surface area (Å²) in [4.78, 5) is 12.3. The molecule has 1 heterocycles. The Morgan fingerprint density at radius 2 is 2.14 bits per heavy atom. The molecule has 4 nitrogen and oxygen atoms in total. The second-order valence-corrected chi connectivity index (χ2v) is 5.81. The predicted molar refractivity (Wildman–Crippen MR) is 80.4 cm³/mol. The van der Waals surface area contributed by atoms with Gasteiger partial charge >= 0.3 is 0 Å². The van der Waals surface area contributed by atoms with Gasteiger partial charge in [-0.2, -0.15) is 0 Å². The molecule has 1 aromatic carbocycles. The van der Waals surface area contributed by atoms with Crippen LogP contribution in [0.4, 0.5) is 0 Å². The first-order valence-electron chi connectivity index (χ1n) is 7.20. The standard InChI is InChI=1S/C16H17ClN2O2/c1-2-13(10-5-7-12(17)8-6-10)18-16(20)14-9-15(21-19-14)11-3-4-11/h5-9,11,13H,2-4H2,1H3,(H,18,20). The summed E-state index contributed by atoms with van der Waals surface area (Å²) in [5.74, 6) is 1.07. The Morgan fingerprint density at radius 3 is 2.76 bits per heavy atom. The zero-order valence-corrected chi connectivity index (χ0v) is 12.6. The van der Waals surface area contributed by atoms with Crippen molar-refractivity contribution in [1.29, 1.82) is 0 Å². The Bertz CT molecular complexity index is 632. The largest absolute Gasteiger partial charge is 0.360 e. The highest BCUT2D eigenvalue weighted by Crippen LogP contribution is 2.40. The van der Waals surface area contributed by atoms with Gasteiger partial charge in [0.2, 0.25) is 0 Å². The number of halogens is 1. The van der Waals surface area contributed by atoms with E-state index in [0.717, 1.165) is 30.6 Å². The highest BCUT2D eigenvalue weighted by molar-refractivity contribution is 6.30. The zero-order valence-electron chi connectivity index (χ0n) is 11.8. The normalized spacial score (nSPS) is 15.7. The van der Waals surface area contributed by atoms with Crippen molar-refractivity contribution < 1.29 is 9.32 Å². The van der Waals surface area contributed by atoms with E-state index in [2.05, 4.69) is 10.5 Å².